The van der Waals surface area contributed by atoms with E-state index in [9.17, 15) is 4.79 Å². The summed E-state index contributed by atoms with van der Waals surface area (Å²) in [5.74, 6) is 0. The first kappa shape index (κ1) is 12.8. The first-order valence-corrected chi connectivity index (χ1v) is 3.81. The van der Waals surface area contributed by atoms with Gasteiger partial charge in [0.15, 0.2) is 0 Å². The third kappa shape index (κ3) is 7.02. The average molecular weight is 219 g/mol. The van der Waals surface area contributed by atoms with Gasteiger partial charge in [0.05, 0.1) is 0 Å². The van der Waals surface area contributed by atoms with Crippen molar-refractivity contribution in [3.05, 3.63) is 6.92 Å². The van der Waals surface area contributed by atoms with Gasteiger partial charge in [0.25, 0.3) is 0 Å². The van der Waals surface area contributed by atoms with Crippen molar-refractivity contribution in [3.63, 3.8) is 0 Å². The Kier molecular flexibility index (Phi) is 12.9. The molecule has 0 saturated carbocycles. The van der Waals surface area contributed by atoms with E-state index >= 15 is 0 Å². The fourth-order valence-corrected chi connectivity index (χ4v) is 0.867. The van der Waals surface area contributed by atoms with Crippen LogP contribution in [0.5, 0.6) is 0 Å². The molecule has 1 unspecified atom stereocenters. The SMILES string of the molecule is [CH2-]CC(C[C-]=O)SC.[Y]. The molecule has 0 aliphatic heterocycles. The predicted octanol–water partition coefficient (Wildman–Crippen LogP) is 1.44. The molecule has 0 bridgehead atoms. The standard InChI is InChI=1S/C6H10OS.Y/c1-3-6(8-2)4-5-7;/h6H,1,3-4H2,2H3;/q-2;. The zero-order valence-corrected chi connectivity index (χ0v) is 9.25. The van der Waals surface area contributed by atoms with E-state index in [0.29, 0.717) is 11.7 Å². The van der Waals surface area contributed by atoms with Crippen LogP contribution in [0.1, 0.15) is 12.8 Å². The van der Waals surface area contributed by atoms with E-state index in [1.165, 1.54) is 0 Å². The third-order valence-corrected chi connectivity index (χ3v) is 2.04. The second kappa shape index (κ2) is 9.12. The van der Waals surface area contributed by atoms with Gasteiger partial charge in [-0.15, -0.1) is 6.42 Å². The molecule has 0 spiro atoms. The molecular weight excluding hydrogens is 209 g/mol. The maximum atomic E-state index is 9.77. The molecule has 1 nitrogen and oxygen atoms in total. The summed E-state index contributed by atoms with van der Waals surface area (Å²) in [7, 11) is 0. The molecule has 0 heterocycles. The Morgan fingerprint density at radius 2 is 2.33 bits per heavy atom. The van der Waals surface area contributed by atoms with Crippen LogP contribution in [0.4, 0.5) is 0 Å². The summed E-state index contributed by atoms with van der Waals surface area (Å²) in [5, 5.41) is 0.382. The van der Waals surface area contributed by atoms with Crippen molar-refractivity contribution in [3.8, 4) is 0 Å². The van der Waals surface area contributed by atoms with Crippen LogP contribution in [0.15, 0.2) is 0 Å². The molecule has 0 aromatic rings. The molecule has 0 amide bonds. The summed E-state index contributed by atoms with van der Waals surface area (Å²) in [5.41, 5.74) is 0. The van der Waals surface area contributed by atoms with E-state index < -0.39 is 0 Å². The molecule has 9 heavy (non-hydrogen) atoms. The van der Waals surface area contributed by atoms with Gasteiger partial charge in [0.1, 0.15) is 0 Å². The largest absolute Gasteiger partial charge is 0.542 e. The minimum Gasteiger partial charge on any atom is -0.542 e. The second-order valence-corrected chi connectivity index (χ2v) is 2.63. The average Bonchev–Trinajstić information content (AvgIpc) is 1.83. The zero-order chi connectivity index (χ0) is 6.41. The summed E-state index contributed by atoms with van der Waals surface area (Å²) in [6.07, 6.45) is 5.17. The molecule has 0 aliphatic carbocycles. The molecule has 3 heteroatoms. The minimum absolute atomic E-state index is 0. The molecule has 0 N–H and O–H groups in total. The van der Waals surface area contributed by atoms with Gasteiger partial charge in [0.2, 0.25) is 0 Å². The molecule has 0 aromatic heterocycles. The van der Waals surface area contributed by atoms with E-state index in [2.05, 4.69) is 6.92 Å². The molecule has 1 radical (unpaired) electrons. The van der Waals surface area contributed by atoms with Gasteiger partial charge in [-0.2, -0.15) is 18.2 Å². The molecule has 51 valence electrons. The van der Waals surface area contributed by atoms with Crippen molar-refractivity contribution in [1.29, 1.82) is 0 Å². The predicted molar refractivity (Wildman–Crippen MR) is 37.6 cm³/mol. The van der Waals surface area contributed by atoms with Gasteiger partial charge in [-0.25, -0.2) is 0 Å². The van der Waals surface area contributed by atoms with Gasteiger partial charge in [-0.05, 0) is 11.5 Å². The van der Waals surface area contributed by atoms with Crippen molar-refractivity contribution < 1.29 is 37.5 Å². The Morgan fingerprint density at radius 1 is 1.78 bits per heavy atom. The molecule has 0 fully saturated rings. The number of carbonyl (C=O) groups excluding carboxylic acids is 1. The first-order valence-electron chi connectivity index (χ1n) is 2.52. The smallest absolute Gasteiger partial charge is 0 e. The van der Waals surface area contributed by atoms with Gasteiger partial charge in [-0.3, -0.25) is 6.29 Å². The quantitative estimate of drug-likeness (QED) is 0.665. The van der Waals surface area contributed by atoms with E-state index in [1.54, 1.807) is 11.8 Å². The van der Waals surface area contributed by atoms with Gasteiger partial charge in [-0.1, -0.05) is 0 Å². The Balaban J connectivity index is 0. The van der Waals surface area contributed by atoms with E-state index in [-0.39, 0.29) is 32.7 Å². The summed E-state index contributed by atoms with van der Waals surface area (Å²) in [6.45, 7) is 3.68. The summed E-state index contributed by atoms with van der Waals surface area (Å²) in [6, 6.07) is 0. The summed E-state index contributed by atoms with van der Waals surface area (Å²) >= 11 is 1.67. The molecular formula is C6H10OSY-2. The van der Waals surface area contributed by atoms with E-state index in [1.807, 2.05) is 12.5 Å². The van der Waals surface area contributed by atoms with Gasteiger partial charge in [0, 0.05) is 32.7 Å². The molecule has 0 rings (SSSR count). The van der Waals surface area contributed by atoms with Gasteiger partial charge >= 0.3 is 0 Å². The molecule has 0 saturated heterocycles. The Hall–Kier alpha value is 1.12. The van der Waals surface area contributed by atoms with Crippen molar-refractivity contribution in [2.24, 2.45) is 0 Å². The second-order valence-electron chi connectivity index (χ2n) is 1.49. The number of hydrogen-bond acceptors (Lipinski definition) is 2. The van der Waals surface area contributed by atoms with Crippen LogP contribution in [0, 0.1) is 6.92 Å². The van der Waals surface area contributed by atoms with Crippen LogP contribution < -0.4 is 0 Å². The van der Waals surface area contributed by atoms with Crippen molar-refractivity contribution in [2.45, 2.75) is 18.1 Å². The van der Waals surface area contributed by atoms with Crippen molar-refractivity contribution in [1.82, 2.24) is 0 Å². The Morgan fingerprint density at radius 3 is 2.44 bits per heavy atom. The van der Waals surface area contributed by atoms with Crippen molar-refractivity contribution in [2.75, 3.05) is 6.26 Å². The normalized spacial score (nSPS) is 11.8. The maximum Gasteiger partial charge on any atom is 0 e. The fraction of sp³-hybridized carbons (Fsp3) is 0.667. The fourth-order valence-electron chi connectivity index (χ4n) is 0.396. The van der Waals surface area contributed by atoms with Crippen LogP contribution in [0.2, 0.25) is 0 Å². The van der Waals surface area contributed by atoms with Crippen LogP contribution in [-0.2, 0) is 37.5 Å². The first-order chi connectivity index (χ1) is 3.85. The molecule has 0 aromatic carbocycles. The third-order valence-electron chi connectivity index (χ3n) is 0.966. The summed E-state index contributed by atoms with van der Waals surface area (Å²) in [4.78, 5) is 9.77. The van der Waals surface area contributed by atoms with E-state index in [4.69, 9.17) is 0 Å². The van der Waals surface area contributed by atoms with Crippen molar-refractivity contribution >= 4 is 18.0 Å². The molecule has 0 aliphatic rings. The summed E-state index contributed by atoms with van der Waals surface area (Å²) < 4.78 is 0. The molecule has 1 atom stereocenters. The number of hydrogen-bond donors (Lipinski definition) is 0. The monoisotopic (exact) mass is 219 g/mol. The van der Waals surface area contributed by atoms with Crippen LogP contribution in [0.25, 0.3) is 0 Å². The topological polar surface area (TPSA) is 17.1 Å². The maximum absolute atomic E-state index is 9.77. The minimum atomic E-state index is 0. The van der Waals surface area contributed by atoms with Crippen LogP contribution in [0.3, 0.4) is 0 Å². The van der Waals surface area contributed by atoms with E-state index in [0.717, 1.165) is 6.42 Å². The van der Waals surface area contributed by atoms with Crippen LogP contribution in [-0.4, -0.2) is 17.8 Å². The van der Waals surface area contributed by atoms with Gasteiger partial charge < -0.3 is 11.7 Å². The number of thioether (sulfide) groups is 1. The zero-order valence-electron chi connectivity index (χ0n) is 5.59. The Bertz CT molecular complexity index is 64.1. The van der Waals surface area contributed by atoms with Crippen LogP contribution >= 0.6 is 11.8 Å². The Labute approximate surface area is 86.2 Å². The number of rotatable bonds is 4.